The summed E-state index contributed by atoms with van der Waals surface area (Å²) in [6, 6.07) is 9.56. The number of carbonyl (C=O) groups is 3. The van der Waals surface area contributed by atoms with Gasteiger partial charge < -0.3 is 19.4 Å². The molecular weight excluding hydrogens is 402 g/mol. The first kappa shape index (κ1) is 21.7. The van der Waals surface area contributed by atoms with Crippen molar-refractivity contribution >= 4 is 34.6 Å². The minimum absolute atomic E-state index is 0.160. The number of anilines is 1. The van der Waals surface area contributed by atoms with Crippen LogP contribution in [-0.4, -0.2) is 41.1 Å². The van der Waals surface area contributed by atoms with Gasteiger partial charge in [-0.05, 0) is 38.1 Å². The molecule has 3 aromatic rings. The molecule has 0 saturated carbocycles. The van der Waals surface area contributed by atoms with Gasteiger partial charge in [0.2, 0.25) is 5.43 Å². The fourth-order valence-corrected chi connectivity index (χ4v) is 3.02. The Balaban J connectivity index is 1.77. The van der Waals surface area contributed by atoms with E-state index in [-0.39, 0.29) is 16.8 Å². The molecule has 1 amide bonds. The Bertz CT molecular complexity index is 1230. The number of esters is 2. The zero-order valence-electron chi connectivity index (χ0n) is 17.3. The second kappa shape index (κ2) is 9.21. The van der Waals surface area contributed by atoms with Crippen LogP contribution in [0.15, 0.2) is 47.4 Å². The fourth-order valence-electron chi connectivity index (χ4n) is 3.02. The van der Waals surface area contributed by atoms with E-state index in [4.69, 9.17) is 4.74 Å². The number of hydrogen-bond acceptors (Lipinski definition) is 7. The van der Waals surface area contributed by atoms with E-state index in [1.165, 1.54) is 25.4 Å². The van der Waals surface area contributed by atoms with E-state index in [1.807, 2.05) is 13.8 Å². The van der Waals surface area contributed by atoms with Crippen molar-refractivity contribution in [1.82, 2.24) is 9.55 Å². The number of rotatable bonds is 6. The Labute approximate surface area is 177 Å². The Hall–Kier alpha value is -4.01. The molecule has 0 radical (unpaired) electrons. The highest BCUT2D eigenvalue weighted by Crippen LogP contribution is 2.16. The first-order valence-corrected chi connectivity index (χ1v) is 9.50. The molecule has 31 heavy (non-hydrogen) atoms. The summed E-state index contributed by atoms with van der Waals surface area (Å²) in [4.78, 5) is 53.6. The number of ether oxygens (including phenoxy) is 2. The van der Waals surface area contributed by atoms with Crippen molar-refractivity contribution in [2.75, 3.05) is 19.0 Å². The van der Waals surface area contributed by atoms with E-state index < -0.39 is 29.9 Å². The van der Waals surface area contributed by atoms with E-state index in [9.17, 15) is 19.2 Å². The van der Waals surface area contributed by atoms with Crippen LogP contribution in [0.5, 0.6) is 0 Å². The molecule has 3 rings (SSSR count). The van der Waals surface area contributed by atoms with E-state index >= 15 is 0 Å². The molecule has 0 fully saturated rings. The molecule has 1 aromatic carbocycles. The minimum Gasteiger partial charge on any atom is -0.465 e. The van der Waals surface area contributed by atoms with Crippen LogP contribution in [0.25, 0.3) is 11.0 Å². The van der Waals surface area contributed by atoms with Crippen LogP contribution >= 0.6 is 0 Å². The van der Waals surface area contributed by atoms with Crippen molar-refractivity contribution in [3.8, 4) is 0 Å². The number of nitrogens with zero attached hydrogens (tertiary/aromatic N) is 2. The highest BCUT2D eigenvalue weighted by atomic mass is 16.5. The molecule has 9 heteroatoms. The molecule has 0 bridgehead atoms. The second-order valence-electron chi connectivity index (χ2n) is 6.64. The summed E-state index contributed by atoms with van der Waals surface area (Å²) in [7, 11) is 1.23. The SMILES string of the molecule is CCn1cc(C(=O)OCC(=O)Nc2ccccc2C(=O)OC)c(=O)c2ccc(C)nc21. The summed E-state index contributed by atoms with van der Waals surface area (Å²) in [5.74, 6) is -2.21. The third-order valence-electron chi connectivity index (χ3n) is 4.56. The molecule has 2 heterocycles. The van der Waals surface area contributed by atoms with Gasteiger partial charge in [0.15, 0.2) is 6.61 Å². The lowest BCUT2D eigenvalue weighted by Gasteiger charge is -2.12. The Kier molecular flexibility index (Phi) is 6.44. The van der Waals surface area contributed by atoms with Crippen molar-refractivity contribution < 1.29 is 23.9 Å². The number of hydrogen-bond donors (Lipinski definition) is 1. The number of methoxy groups -OCH3 is 1. The summed E-state index contributed by atoms with van der Waals surface area (Å²) >= 11 is 0. The van der Waals surface area contributed by atoms with E-state index in [2.05, 4.69) is 15.0 Å². The molecule has 160 valence electrons. The van der Waals surface area contributed by atoms with Gasteiger partial charge in [0.25, 0.3) is 5.91 Å². The van der Waals surface area contributed by atoms with Crippen molar-refractivity contribution in [3.05, 3.63) is 69.6 Å². The average molecular weight is 423 g/mol. The van der Waals surface area contributed by atoms with Crippen LogP contribution in [0, 0.1) is 6.92 Å². The second-order valence-corrected chi connectivity index (χ2v) is 6.64. The van der Waals surface area contributed by atoms with Crippen LogP contribution in [0.3, 0.4) is 0 Å². The van der Waals surface area contributed by atoms with E-state index in [0.29, 0.717) is 17.6 Å². The Morgan fingerprint density at radius 2 is 1.81 bits per heavy atom. The maximum atomic E-state index is 12.7. The number of nitrogens with one attached hydrogen (secondary N) is 1. The van der Waals surface area contributed by atoms with Crippen LogP contribution in [0.2, 0.25) is 0 Å². The molecule has 0 aliphatic heterocycles. The molecule has 0 spiro atoms. The van der Waals surface area contributed by atoms with E-state index in [1.54, 1.807) is 28.8 Å². The van der Waals surface area contributed by atoms with Gasteiger partial charge in [0, 0.05) is 18.4 Å². The van der Waals surface area contributed by atoms with Crippen molar-refractivity contribution in [1.29, 1.82) is 0 Å². The third-order valence-corrected chi connectivity index (χ3v) is 4.56. The van der Waals surface area contributed by atoms with Gasteiger partial charge in [-0.1, -0.05) is 12.1 Å². The van der Waals surface area contributed by atoms with Gasteiger partial charge in [-0.2, -0.15) is 0 Å². The van der Waals surface area contributed by atoms with Crippen LogP contribution in [0.4, 0.5) is 5.69 Å². The van der Waals surface area contributed by atoms with Gasteiger partial charge in [-0.3, -0.25) is 9.59 Å². The number of aromatic nitrogens is 2. The lowest BCUT2D eigenvalue weighted by molar-refractivity contribution is -0.119. The standard InChI is InChI=1S/C22H21N3O6/c1-4-25-11-16(19(27)15-10-9-13(2)23-20(15)25)22(29)31-12-18(26)24-17-8-6-5-7-14(17)21(28)30-3/h5-11H,4,12H2,1-3H3,(H,24,26). The van der Waals surface area contributed by atoms with Gasteiger partial charge >= 0.3 is 11.9 Å². The molecule has 0 unspecified atom stereocenters. The highest BCUT2D eigenvalue weighted by Gasteiger charge is 2.19. The third kappa shape index (κ3) is 4.61. The summed E-state index contributed by atoms with van der Waals surface area (Å²) in [6.07, 6.45) is 1.38. The molecule has 9 nitrogen and oxygen atoms in total. The fraction of sp³-hybridized carbons (Fsp3) is 0.227. The molecule has 2 aromatic heterocycles. The first-order valence-electron chi connectivity index (χ1n) is 9.50. The average Bonchev–Trinajstić information content (AvgIpc) is 2.77. The topological polar surface area (TPSA) is 117 Å². The number of aryl methyl sites for hydroxylation is 2. The molecule has 0 aliphatic rings. The number of amides is 1. The zero-order chi connectivity index (χ0) is 22.5. The summed E-state index contributed by atoms with van der Waals surface area (Å²) in [5, 5.41) is 2.79. The van der Waals surface area contributed by atoms with Gasteiger partial charge in [0.05, 0.1) is 23.7 Å². The number of fused-ring (bicyclic) bond motifs is 1. The normalized spacial score (nSPS) is 10.5. The molecule has 0 aliphatic carbocycles. The van der Waals surface area contributed by atoms with Crippen LogP contribution in [0.1, 0.15) is 33.3 Å². The van der Waals surface area contributed by atoms with Crippen molar-refractivity contribution in [2.24, 2.45) is 0 Å². The Morgan fingerprint density at radius 3 is 2.52 bits per heavy atom. The van der Waals surface area contributed by atoms with Crippen LogP contribution in [-0.2, 0) is 20.8 Å². The quantitative estimate of drug-likeness (QED) is 0.605. The molecule has 0 saturated heterocycles. The van der Waals surface area contributed by atoms with E-state index in [0.717, 1.165) is 5.69 Å². The van der Waals surface area contributed by atoms with Gasteiger partial charge in [-0.15, -0.1) is 0 Å². The largest absolute Gasteiger partial charge is 0.465 e. The Morgan fingerprint density at radius 1 is 1.06 bits per heavy atom. The maximum absolute atomic E-state index is 12.7. The lowest BCUT2D eigenvalue weighted by atomic mass is 10.2. The number of carbonyl (C=O) groups excluding carboxylic acids is 3. The van der Waals surface area contributed by atoms with Gasteiger partial charge in [0.1, 0.15) is 11.2 Å². The predicted octanol–water partition coefficient (Wildman–Crippen LogP) is 2.31. The molecular formula is C22H21N3O6. The molecule has 0 atom stereocenters. The summed E-state index contributed by atoms with van der Waals surface area (Å²) in [6.45, 7) is 3.51. The summed E-state index contributed by atoms with van der Waals surface area (Å²) < 4.78 is 11.4. The first-order chi connectivity index (χ1) is 14.8. The predicted molar refractivity (Wildman–Crippen MR) is 113 cm³/mol. The minimum atomic E-state index is -0.925. The zero-order valence-corrected chi connectivity index (χ0v) is 17.3. The smallest absolute Gasteiger partial charge is 0.344 e. The van der Waals surface area contributed by atoms with Crippen molar-refractivity contribution in [3.63, 3.8) is 0 Å². The number of pyridine rings is 2. The number of benzene rings is 1. The van der Waals surface area contributed by atoms with Crippen LogP contribution < -0.4 is 10.7 Å². The molecule has 1 N–H and O–H groups in total. The monoisotopic (exact) mass is 423 g/mol. The highest BCUT2D eigenvalue weighted by molar-refractivity contribution is 6.02. The van der Waals surface area contributed by atoms with Gasteiger partial charge in [-0.25, -0.2) is 14.6 Å². The number of para-hydroxylation sites is 1. The summed E-state index contributed by atoms with van der Waals surface area (Å²) in [5.41, 5.74) is 0.884. The maximum Gasteiger partial charge on any atom is 0.344 e. The lowest BCUT2D eigenvalue weighted by Crippen LogP contribution is -2.26. The van der Waals surface area contributed by atoms with Crippen molar-refractivity contribution in [2.45, 2.75) is 20.4 Å².